The van der Waals surface area contributed by atoms with Gasteiger partial charge in [-0.2, -0.15) is 0 Å². The number of benzene rings is 1. The van der Waals surface area contributed by atoms with Gasteiger partial charge in [0.2, 0.25) is 10.0 Å². The predicted octanol–water partition coefficient (Wildman–Crippen LogP) is 0.577. The highest BCUT2D eigenvalue weighted by molar-refractivity contribution is 7.89. The van der Waals surface area contributed by atoms with Crippen LogP contribution in [0.4, 0.5) is 0 Å². The van der Waals surface area contributed by atoms with E-state index in [9.17, 15) is 13.2 Å². The third-order valence-corrected chi connectivity index (χ3v) is 3.69. The van der Waals surface area contributed by atoms with Crippen molar-refractivity contribution in [3.63, 3.8) is 0 Å². The molecule has 104 valence electrons. The third kappa shape index (κ3) is 3.05. The molecule has 1 aromatic carbocycles. The van der Waals surface area contributed by atoms with Gasteiger partial charge >= 0.3 is 0 Å². The number of nitrogens with two attached hydrogens (primary N) is 1. The first-order chi connectivity index (χ1) is 8.80. The van der Waals surface area contributed by atoms with Gasteiger partial charge in [0.1, 0.15) is 11.3 Å². The topological polar surface area (TPSA) is 89.7 Å². The van der Waals surface area contributed by atoms with Crippen LogP contribution in [-0.2, 0) is 10.0 Å². The van der Waals surface area contributed by atoms with E-state index in [0.29, 0.717) is 0 Å². The van der Waals surface area contributed by atoms with Crippen molar-refractivity contribution < 1.29 is 17.9 Å². The van der Waals surface area contributed by atoms with E-state index in [1.54, 1.807) is 20.2 Å². The van der Waals surface area contributed by atoms with E-state index in [1.807, 2.05) is 0 Å². The minimum absolute atomic E-state index is 0.00176. The van der Waals surface area contributed by atoms with Crippen molar-refractivity contribution >= 4 is 15.9 Å². The van der Waals surface area contributed by atoms with Crippen LogP contribution in [0.1, 0.15) is 23.2 Å². The maximum Gasteiger partial charge on any atom is 0.258 e. The van der Waals surface area contributed by atoms with Crippen molar-refractivity contribution in [2.45, 2.75) is 23.8 Å². The number of amides is 1. The quantitative estimate of drug-likeness (QED) is 0.875. The van der Waals surface area contributed by atoms with Gasteiger partial charge in [0.05, 0.1) is 11.0 Å². The van der Waals surface area contributed by atoms with E-state index in [1.165, 1.54) is 17.0 Å². The summed E-state index contributed by atoms with van der Waals surface area (Å²) in [5.41, 5.74) is 0.00176. The van der Waals surface area contributed by atoms with Gasteiger partial charge in [0.15, 0.2) is 0 Å². The van der Waals surface area contributed by atoms with Gasteiger partial charge in [-0.05, 0) is 25.0 Å². The first-order valence-corrected chi connectivity index (χ1v) is 7.39. The summed E-state index contributed by atoms with van der Waals surface area (Å²) < 4.78 is 28.8. The van der Waals surface area contributed by atoms with Gasteiger partial charge in [-0.3, -0.25) is 4.79 Å². The summed E-state index contributed by atoms with van der Waals surface area (Å²) in [6.07, 6.45) is 1.88. The lowest BCUT2D eigenvalue weighted by Crippen LogP contribution is -2.26. The fraction of sp³-hybridized carbons (Fsp3) is 0.417. The second-order valence-electron chi connectivity index (χ2n) is 4.69. The molecule has 0 heterocycles. The first kappa shape index (κ1) is 13.8. The molecule has 19 heavy (non-hydrogen) atoms. The highest BCUT2D eigenvalue weighted by atomic mass is 32.2. The molecule has 0 spiro atoms. The molecule has 1 saturated carbocycles. The van der Waals surface area contributed by atoms with E-state index >= 15 is 0 Å². The fourth-order valence-corrected chi connectivity index (χ4v) is 2.39. The monoisotopic (exact) mass is 284 g/mol. The molecule has 2 rings (SSSR count). The minimum Gasteiger partial charge on any atom is -0.490 e. The zero-order valence-electron chi connectivity index (χ0n) is 10.8. The summed E-state index contributed by atoms with van der Waals surface area (Å²) >= 11 is 0. The SMILES string of the molecule is CN(C)C(=O)c1c(OC2CC2)cccc1S(N)(=O)=O. The average molecular weight is 284 g/mol. The molecule has 1 aliphatic rings. The number of sulfonamides is 1. The maximum absolute atomic E-state index is 12.2. The Balaban J connectivity index is 2.57. The van der Waals surface area contributed by atoms with Crippen molar-refractivity contribution in [2.24, 2.45) is 5.14 Å². The first-order valence-electron chi connectivity index (χ1n) is 5.85. The molecule has 0 radical (unpaired) electrons. The van der Waals surface area contributed by atoms with Crippen LogP contribution >= 0.6 is 0 Å². The Kier molecular flexibility index (Phi) is 3.51. The lowest BCUT2D eigenvalue weighted by Gasteiger charge is -2.17. The lowest BCUT2D eigenvalue weighted by molar-refractivity contribution is 0.0818. The predicted molar refractivity (Wildman–Crippen MR) is 69.5 cm³/mol. The summed E-state index contributed by atoms with van der Waals surface area (Å²) in [6.45, 7) is 0. The number of hydrogen-bond acceptors (Lipinski definition) is 4. The average Bonchev–Trinajstić information content (AvgIpc) is 3.10. The Morgan fingerprint density at radius 2 is 2.00 bits per heavy atom. The van der Waals surface area contributed by atoms with Crippen LogP contribution < -0.4 is 9.88 Å². The van der Waals surface area contributed by atoms with Crippen molar-refractivity contribution in [3.8, 4) is 5.75 Å². The van der Waals surface area contributed by atoms with E-state index in [4.69, 9.17) is 9.88 Å². The van der Waals surface area contributed by atoms with Crippen molar-refractivity contribution in [2.75, 3.05) is 14.1 Å². The summed E-state index contributed by atoms with van der Waals surface area (Å²) in [6, 6.07) is 4.42. The molecular formula is C12H16N2O4S. The third-order valence-electron chi connectivity index (χ3n) is 2.73. The molecule has 1 fully saturated rings. The molecule has 1 amide bonds. The van der Waals surface area contributed by atoms with Crippen molar-refractivity contribution in [3.05, 3.63) is 23.8 Å². The smallest absolute Gasteiger partial charge is 0.258 e. The lowest BCUT2D eigenvalue weighted by atomic mass is 10.2. The molecule has 2 N–H and O–H groups in total. The number of ether oxygens (including phenoxy) is 1. The van der Waals surface area contributed by atoms with Crippen LogP contribution in [0.3, 0.4) is 0 Å². The van der Waals surface area contributed by atoms with Crippen LogP contribution in [0, 0.1) is 0 Å². The van der Waals surface area contributed by atoms with Gasteiger partial charge in [0.25, 0.3) is 5.91 Å². The zero-order valence-corrected chi connectivity index (χ0v) is 11.6. The number of nitrogens with zero attached hydrogens (tertiary/aromatic N) is 1. The van der Waals surface area contributed by atoms with Crippen molar-refractivity contribution in [1.82, 2.24) is 4.90 Å². The Morgan fingerprint density at radius 3 is 2.47 bits per heavy atom. The molecule has 1 aromatic rings. The molecule has 0 unspecified atom stereocenters. The van der Waals surface area contributed by atoms with E-state index in [-0.39, 0.29) is 22.3 Å². The largest absolute Gasteiger partial charge is 0.490 e. The van der Waals surface area contributed by atoms with Gasteiger partial charge in [-0.25, -0.2) is 13.6 Å². The van der Waals surface area contributed by atoms with Crippen LogP contribution in [0.25, 0.3) is 0 Å². The van der Waals surface area contributed by atoms with Crippen LogP contribution in [-0.4, -0.2) is 39.4 Å². The number of primary sulfonamides is 1. The number of hydrogen-bond donors (Lipinski definition) is 1. The number of carbonyl (C=O) groups is 1. The Bertz CT molecular complexity index is 606. The van der Waals surface area contributed by atoms with E-state index in [0.717, 1.165) is 12.8 Å². The van der Waals surface area contributed by atoms with E-state index in [2.05, 4.69) is 0 Å². The molecule has 0 aromatic heterocycles. The second kappa shape index (κ2) is 4.82. The molecule has 0 atom stereocenters. The highest BCUT2D eigenvalue weighted by Crippen LogP contribution is 2.32. The second-order valence-corrected chi connectivity index (χ2v) is 6.22. The maximum atomic E-state index is 12.2. The van der Waals surface area contributed by atoms with E-state index < -0.39 is 15.9 Å². The zero-order chi connectivity index (χ0) is 14.2. The minimum atomic E-state index is -3.98. The number of carbonyl (C=O) groups excluding carboxylic acids is 1. The van der Waals surface area contributed by atoms with Gasteiger partial charge in [-0.1, -0.05) is 6.07 Å². The molecule has 6 nitrogen and oxygen atoms in total. The summed E-state index contributed by atoms with van der Waals surface area (Å²) in [7, 11) is -0.888. The normalized spacial score (nSPS) is 15.1. The Hall–Kier alpha value is -1.60. The van der Waals surface area contributed by atoms with Gasteiger partial charge in [0, 0.05) is 14.1 Å². The molecule has 0 saturated heterocycles. The van der Waals surface area contributed by atoms with Crippen molar-refractivity contribution in [1.29, 1.82) is 0 Å². The Labute approximate surface area is 112 Å². The molecule has 0 aliphatic heterocycles. The fourth-order valence-electron chi connectivity index (χ4n) is 1.65. The summed E-state index contributed by atoms with van der Waals surface area (Å²) in [5, 5.41) is 5.16. The van der Waals surface area contributed by atoms with Gasteiger partial charge in [-0.15, -0.1) is 0 Å². The highest BCUT2D eigenvalue weighted by Gasteiger charge is 2.29. The molecular weight excluding hydrogens is 268 g/mol. The molecule has 1 aliphatic carbocycles. The number of rotatable bonds is 4. The Morgan fingerprint density at radius 1 is 1.37 bits per heavy atom. The van der Waals surface area contributed by atoms with Crippen LogP contribution in [0.15, 0.2) is 23.1 Å². The summed E-state index contributed by atoms with van der Waals surface area (Å²) in [5.74, 6) is -0.173. The molecule has 0 bridgehead atoms. The molecule has 7 heteroatoms. The summed E-state index contributed by atoms with van der Waals surface area (Å²) in [4.78, 5) is 13.3. The standard InChI is InChI=1S/C12H16N2O4S/c1-14(2)12(15)11-9(18-8-6-7-8)4-3-5-10(11)19(13,16)17/h3-5,8H,6-7H2,1-2H3,(H2,13,16,17). The van der Waals surface area contributed by atoms with Crippen LogP contribution in [0.5, 0.6) is 5.75 Å². The van der Waals surface area contributed by atoms with Crippen LogP contribution in [0.2, 0.25) is 0 Å². The van der Waals surface area contributed by atoms with Gasteiger partial charge < -0.3 is 9.64 Å².